The molecule has 1 aliphatic rings. The first-order valence-corrected chi connectivity index (χ1v) is 8.90. The van der Waals surface area contributed by atoms with Crippen molar-refractivity contribution in [3.8, 4) is 0 Å². The second-order valence-corrected chi connectivity index (χ2v) is 7.01. The predicted molar refractivity (Wildman–Crippen MR) is 102 cm³/mol. The van der Waals surface area contributed by atoms with E-state index in [-0.39, 0.29) is 13.0 Å². The molecule has 3 rings (SSSR count). The lowest BCUT2D eigenvalue weighted by Crippen LogP contribution is -2.48. The number of carboxylic acid groups (broad SMARTS) is 1. The van der Waals surface area contributed by atoms with Crippen molar-refractivity contribution in [3.63, 3.8) is 0 Å². The van der Waals surface area contributed by atoms with Gasteiger partial charge in [-0.25, -0.2) is 0 Å². The minimum atomic E-state index is -1.63. The average Bonchev–Trinajstić information content (AvgIpc) is 3.05. The van der Waals surface area contributed by atoms with Crippen LogP contribution in [-0.2, 0) is 21.0 Å². The van der Waals surface area contributed by atoms with Gasteiger partial charge >= 0.3 is 5.97 Å². The van der Waals surface area contributed by atoms with Gasteiger partial charge in [-0.05, 0) is 17.7 Å². The molecule has 6 nitrogen and oxygen atoms in total. The van der Waals surface area contributed by atoms with Gasteiger partial charge in [0.25, 0.3) is 5.91 Å². The molecule has 1 atom stereocenters. The summed E-state index contributed by atoms with van der Waals surface area (Å²) in [6.45, 7) is 0.251. The van der Waals surface area contributed by atoms with Crippen molar-refractivity contribution in [2.45, 2.75) is 25.0 Å². The molecular weight excluding hydrogens is 391 g/mol. The van der Waals surface area contributed by atoms with E-state index < -0.39 is 23.9 Å². The number of amides is 1. The molecule has 0 bridgehead atoms. The Balaban J connectivity index is 1.78. The monoisotopic (exact) mass is 406 g/mol. The van der Waals surface area contributed by atoms with Gasteiger partial charge in [0.05, 0.1) is 17.2 Å². The fourth-order valence-electron chi connectivity index (χ4n) is 2.83. The van der Waals surface area contributed by atoms with Gasteiger partial charge in [0.15, 0.2) is 0 Å². The maximum atomic E-state index is 12.8. The number of aliphatic carboxylic acids is 1. The van der Waals surface area contributed by atoms with Crippen LogP contribution in [0.15, 0.2) is 53.7 Å². The summed E-state index contributed by atoms with van der Waals surface area (Å²) in [5.74, 6) is -1.71. The van der Waals surface area contributed by atoms with Crippen LogP contribution in [0.1, 0.15) is 24.0 Å². The Morgan fingerprint density at radius 2 is 1.93 bits per heavy atom. The van der Waals surface area contributed by atoms with Crippen LogP contribution in [-0.4, -0.2) is 28.3 Å². The van der Waals surface area contributed by atoms with Crippen LogP contribution in [0.3, 0.4) is 0 Å². The molecule has 1 amide bonds. The van der Waals surface area contributed by atoms with Crippen LogP contribution < -0.4 is 5.32 Å². The maximum Gasteiger partial charge on any atom is 0.308 e. The van der Waals surface area contributed by atoms with Gasteiger partial charge < -0.3 is 15.3 Å². The minimum absolute atomic E-state index is 0.0126. The van der Waals surface area contributed by atoms with Crippen molar-refractivity contribution in [2.75, 3.05) is 0 Å². The molecule has 1 heterocycles. The number of nitrogens with zero attached hydrogens (tertiary/aromatic N) is 1. The first-order valence-electron chi connectivity index (χ1n) is 8.14. The SMILES string of the molecule is O=C(O)CC1(C(=O)NCc2ccccc2)CC(c2ccc(Cl)cc2Cl)=NO1. The summed E-state index contributed by atoms with van der Waals surface area (Å²) < 4.78 is 0. The Bertz CT molecular complexity index is 902. The Hall–Kier alpha value is -2.57. The van der Waals surface area contributed by atoms with Gasteiger partial charge in [-0.15, -0.1) is 0 Å². The zero-order valence-electron chi connectivity index (χ0n) is 14.1. The van der Waals surface area contributed by atoms with Gasteiger partial charge in [-0.2, -0.15) is 0 Å². The number of hydrogen-bond donors (Lipinski definition) is 2. The van der Waals surface area contributed by atoms with E-state index in [2.05, 4.69) is 10.5 Å². The maximum absolute atomic E-state index is 12.8. The summed E-state index contributed by atoms with van der Waals surface area (Å²) in [5.41, 5.74) is 0.201. The summed E-state index contributed by atoms with van der Waals surface area (Å²) in [7, 11) is 0. The van der Waals surface area contributed by atoms with E-state index in [1.165, 1.54) is 0 Å². The molecule has 2 aromatic carbocycles. The Morgan fingerprint density at radius 1 is 1.19 bits per heavy atom. The topological polar surface area (TPSA) is 88.0 Å². The average molecular weight is 407 g/mol. The van der Waals surface area contributed by atoms with E-state index in [4.69, 9.17) is 28.0 Å². The van der Waals surface area contributed by atoms with Gasteiger partial charge in [0.1, 0.15) is 0 Å². The van der Waals surface area contributed by atoms with Crippen molar-refractivity contribution in [3.05, 3.63) is 69.7 Å². The predicted octanol–water partition coefficient (Wildman–Crippen LogP) is 3.65. The number of halogens is 2. The molecule has 0 aliphatic carbocycles. The molecular formula is C19H16Cl2N2O4. The fraction of sp³-hybridized carbons (Fsp3) is 0.211. The largest absolute Gasteiger partial charge is 0.481 e. The fourth-order valence-corrected chi connectivity index (χ4v) is 3.34. The Kier molecular flexibility index (Phi) is 5.68. The highest BCUT2D eigenvalue weighted by molar-refractivity contribution is 6.37. The summed E-state index contributed by atoms with van der Waals surface area (Å²) in [4.78, 5) is 29.5. The number of rotatable bonds is 6. The molecule has 2 aromatic rings. The minimum Gasteiger partial charge on any atom is -0.481 e. The summed E-state index contributed by atoms with van der Waals surface area (Å²) >= 11 is 12.1. The van der Waals surface area contributed by atoms with Gasteiger partial charge in [-0.1, -0.05) is 64.8 Å². The first-order chi connectivity index (χ1) is 12.9. The van der Waals surface area contributed by atoms with Crippen LogP contribution in [0.5, 0.6) is 0 Å². The van der Waals surface area contributed by atoms with Crippen molar-refractivity contribution in [1.29, 1.82) is 0 Å². The van der Waals surface area contributed by atoms with Crippen LogP contribution >= 0.6 is 23.2 Å². The Labute approximate surface area is 165 Å². The van der Waals surface area contributed by atoms with E-state index in [1.807, 2.05) is 30.3 Å². The molecule has 140 valence electrons. The zero-order chi connectivity index (χ0) is 19.4. The summed E-state index contributed by atoms with van der Waals surface area (Å²) in [6, 6.07) is 14.1. The number of carbonyl (C=O) groups excluding carboxylic acids is 1. The number of oxime groups is 1. The molecule has 1 unspecified atom stereocenters. The summed E-state index contributed by atoms with van der Waals surface area (Å²) in [6.07, 6.45) is -0.535. The smallest absolute Gasteiger partial charge is 0.308 e. The van der Waals surface area contributed by atoms with E-state index >= 15 is 0 Å². The molecule has 0 radical (unpaired) electrons. The summed E-state index contributed by atoms with van der Waals surface area (Å²) in [5, 5.41) is 16.7. The van der Waals surface area contributed by atoms with Crippen molar-refractivity contribution in [1.82, 2.24) is 5.32 Å². The highest BCUT2D eigenvalue weighted by Crippen LogP contribution is 2.33. The van der Waals surface area contributed by atoms with Crippen molar-refractivity contribution < 1.29 is 19.5 Å². The van der Waals surface area contributed by atoms with Crippen molar-refractivity contribution >= 4 is 40.8 Å². The molecule has 0 saturated heterocycles. The van der Waals surface area contributed by atoms with Gasteiger partial charge in [-0.3, -0.25) is 9.59 Å². The molecule has 1 aliphatic heterocycles. The van der Waals surface area contributed by atoms with Gasteiger partial charge in [0, 0.05) is 23.6 Å². The van der Waals surface area contributed by atoms with E-state index in [0.717, 1.165) is 5.56 Å². The number of nitrogens with one attached hydrogen (secondary N) is 1. The molecule has 27 heavy (non-hydrogen) atoms. The number of carbonyl (C=O) groups is 2. The van der Waals surface area contributed by atoms with E-state index in [0.29, 0.717) is 21.3 Å². The molecule has 8 heteroatoms. The first kappa shape index (κ1) is 19.2. The third kappa shape index (κ3) is 4.40. The Morgan fingerprint density at radius 3 is 2.59 bits per heavy atom. The number of benzene rings is 2. The van der Waals surface area contributed by atoms with Crippen molar-refractivity contribution in [2.24, 2.45) is 5.16 Å². The highest BCUT2D eigenvalue weighted by atomic mass is 35.5. The lowest BCUT2D eigenvalue weighted by molar-refractivity contribution is -0.156. The molecule has 0 aromatic heterocycles. The lowest BCUT2D eigenvalue weighted by Gasteiger charge is -2.23. The molecule has 0 saturated carbocycles. The number of hydrogen-bond acceptors (Lipinski definition) is 4. The normalized spacial score (nSPS) is 18.5. The standard InChI is InChI=1S/C19H16Cl2N2O4/c20-13-6-7-14(15(21)8-13)16-9-19(27-23-16,10-17(24)25)18(26)22-11-12-4-2-1-3-5-12/h1-8H,9-11H2,(H,22,26)(H,24,25). The second-order valence-electron chi connectivity index (χ2n) is 6.16. The highest BCUT2D eigenvalue weighted by Gasteiger charge is 2.48. The second kappa shape index (κ2) is 7.98. The van der Waals surface area contributed by atoms with Crippen LogP contribution in [0.25, 0.3) is 0 Å². The van der Waals surface area contributed by atoms with E-state index in [1.54, 1.807) is 18.2 Å². The third-order valence-corrected chi connectivity index (χ3v) is 4.72. The third-order valence-electron chi connectivity index (χ3n) is 4.17. The van der Waals surface area contributed by atoms with Crippen LogP contribution in [0.2, 0.25) is 10.0 Å². The van der Waals surface area contributed by atoms with Crippen LogP contribution in [0.4, 0.5) is 0 Å². The quantitative estimate of drug-likeness (QED) is 0.765. The van der Waals surface area contributed by atoms with E-state index in [9.17, 15) is 14.7 Å². The number of carboxylic acids is 1. The molecule has 0 spiro atoms. The molecule has 0 fully saturated rings. The zero-order valence-corrected chi connectivity index (χ0v) is 15.6. The van der Waals surface area contributed by atoms with Gasteiger partial charge in [0.2, 0.25) is 5.60 Å². The van der Waals surface area contributed by atoms with Crippen LogP contribution in [0, 0.1) is 0 Å². The lowest BCUT2D eigenvalue weighted by atomic mass is 9.90. The molecule has 2 N–H and O–H groups in total.